The van der Waals surface area contributed by atoms with Gasteiger partial charge in [0.25, 0.3) is 0 Å². The summed E-state index contributed by atoms with van der Waals surface area (Å²) in [4.78, 5) is 27.3. The Bertz CT molecular complexity index is 358. The van der Waals surface area contributed by atoms with E-state index in [1.54, 1.807) is 4.90 Å². The zero-order chi connectivity index (χ0) is 13.3. The van der Waals surface area contributed by atoms with Gasteiger partial charge in [-0.05, 0) is 32.6 Å². The highest BCUT2D eigenvalue weighted by molar-refractivity contribution is 5.80. The standard InChI is InChI=1S/C13H22N2O3/c1-3-13(11(16)17)6-8-14(9-13)12(18)15-7-4-5-10(15)2/h10H,3-9H2,1-2H3,(H,16,17). The van der Waals surface area contributed by atoms with Gasteiger partial charge in [0.05, 0.1) is 5.41 Å². The smallest absolute Gasteiger partial charge is 0.320 e. The van der Waals surface area contributed by atoms with Crippen molar-refractivity contribution in [3.05, 3.63) is 0 Å². The van der Waals surface area contributed by atoms with Crippen LogP contribution in [0.4, 0.5) is 4.79 Å². The fraction of sp³-hybridized carbons (Fsp3) is 0.846. The van der Waals surface area contributed by atoms with Gasteiger partial charge in [-0.25, -0.2) is 4.79 Å². The molecule has 0 radical (unpaired) electrons. The van der Waals surface area contributed by atoms with E-state index in [-0.39, 0.29) is 6.03 Å². The number of carboxylic acid groups (broad SMARTS) is 1. The minimum Gasteiger partial charge on any atom is -0.481 e. The Kier molecular flexibility index (Phi) is 3.50. The molecule has 18 heavy (non-hydrogen) atoms. The number of aliphatic carboxylic acids is 1. The highest BCUT2D eigenvalue weighted by atomic mass is 16.4. The number of carboxylic acids is 1. The predicted octanol–water partition coefficient (Wildman–Crippen LogP) is 1.78. The highest BCUT2D eigenvalue weighted by Gasteiger charge is 2.46. The number of carbonyl (C=O) groups is 2. The van der Waals surface area contributed by atoms with Gasteiger partial charge in [-0.1, -0.05) is 6.92 Å². The summed E-state index contributed by atoms with van der Waals surface area (Å²) in [6, 6.07) is 0.315. The SMILES string of the molecule is CCC1(C(=O)O)CCN(C(=O)N2CCCC2C)C1. The number of urea groups is 1. The van der Waals surface area contributed by atoms with Crippen molar-refractivity contribution >= 4 is 12.0 Å². The van der Waals surface area contributed by atoms with Crippen LogP contribution in [0.2, 0.25) is 0 Å². The maximum absolute atomic E-state index is 12.3. The van der Waals surface area contributed by atoms with E-state index in [0.29, 0.717) is 32.0 Å². The summed E-state index contributed by atoms with van der Waals surface area (Å²) in [5.41, 5.74) is -0.724. The van der Waals surface area contributed by atoms with Crippen molar-refractivity contribution in [1.29, 1.82) is 0 Å². The Labute approximate surface area is 108 Å². The van der Waals surface area contributed by atoms with Crippen LogP contribution >= 0.6 is 0 Å². The number of amides is 2. The van der Waals surface area contributed by atoms with Gasteiger partial charge in [-0.3, -0.25) is 4.79 Å². The van der Waals surface area contributed by atoms with Crippen molar-refractivity contribution in [2.45, 2.75) is 45.6 Å². The monoisotopic (exact) mass is 254 g/mol. The average Bonchev–Trinajstić information content (AvgIpc) is 2.95. The molecule has 5 heteroatoms. The lowest BCUT2D eigenvalue weighted by Gasteiger charge is -2.29. The lowest BCUT2D eigenvalue weighted by molar-refractivity contribution is -0.148. The molecule has 2 fully saturated rings. The zero-order valence-corrected chi connectivity index (χ0v) is 11.2. The Morgan fingerprint density at radius 1 is 1.39 bits per heavy atom. The van der Waals surface area contributed by atoms with Gasteiger partial charge in [-0.2, -0.15) is 0 Å². The van der Waals surface area contributed by atoms with Crippen LogP contribution in [-0.2, 0) is 4.79 Å². The molecular weight excluding hydrogens is 232 g/mol. The topological polar surface area (TPSA) is 60.9 Å². The van der Waals surface area contributed by atoms with Crippen LogP contribution < -0.4 is 0 Å². The average molecular weight is 254 g/mol. The first-order chi connectivity index (χ1) is 8.50. The predicted molar refractivity (Wildman–Crippen MR) is 67.3 cm³/mol. The van der Waals surface area contributed by atoms with Crippen LogP contribution in [0.5, 0.6) is 0 Å². The highest BCUT2D eigenvalue weighted by Crippen LogP contribution is 2.35. The first kappa shape index (κ1) is 13.2. The van der Waals surface area contributed by atoms with E-state index >= 15 is 0 Å². The minimum atomic E-state index is -0.769. The molecule has 2 amide bonds. The normalized spacial score (nSPS) is 32.0. The maximum atomic E-state index is 12.3. The second-order valence-corrected chi connectivity index (χ2v) is 5.58. The maximum Gasteiger partial charge on any atom is 0.320 e. The molecule has 2 aliphatic rings. The number of carbonyl (C=O) groups excluding carboxylic acids is 1. The van der Waals surface area contributed by atoms with Gasteiger partial charge >= 0.3 is 12.0 Å². The molecule has 2 heterocycles. The van der Waals surface area contributed by atoms with Crippen molar-refractivity contribution in [1.82, 2.24) is 9.80 Å². The first-order valence-corrected chi connectivity index (χ1v) is 6.79. The Hall–Kier alpha value is -1.26. The summed E-state index contributed by atoms with van der Waals surface area (Å²) in [7, 11) is 0. The Balaban J connectivity index is 2.04. The molecule has 0 aromatic rings. The largest absolute Gasteiger partial charge is 0.481 e. The van der Waals surface area contributed by atoms with E-state index in [2.05, 4.69) is 6.92 Å². The molecule has 0 aromatic heterocycles. The summed E-state index contributed by atoms with van der Waals surface area (Å²) in [5, 5.41) is 9.33. The molecule has 102 valence electrons. The minimum absolute atomic E-state index is 0.0246. The molecule has 2 atom stereocenters. The van der Waals surface area contributed by atoms with E-state index in [4.69, 9.17) is 0 Å². The van der Waals surface area contributed by atoms with Gasteiger partial charge in [0.1, 0.15) is 0 Å². The van der Waals surface area contributed by atoms with Gasteiger partial charge in [0.2, 0.25) is 0 Å². The third kappa shape index (κ3) is 2.06. The van der Waals surface area contributed by atoms with Crippen LogP contribution in [0.3, 0.4) is 0 Å². The van der Waals surface area contributed by atoms with Crippen molar-refractivity contribution in [3.63, 3.8) is 0 Å². The van der Waals surface area contributed by atoms with E-state index in [0.717, 1.165) is 19.4 Å². The number of likely N-dealkylation sites (tertiary alicyclic amines) is 2. The van der Waals surface area contributed by atoms with Crippen LogP contribution in [0, 0.1) is 5.41 Å². The Morgan fingerprint density at radius 3 is 2.56 bits per heavy atom. The molecule has 1 N–H and O–H groups in total. The lowest BCUT2D eigenvalue weighted by Crippen LogP contribution is -2.45. The van der Waals surface area contributed by atoms with Crippen LogP contribution in [0.1, 0.15) is 39.5 Å². The third-order valence-corrected chi connectivity index (χ3v) is 4.55. The number of hydrogen-bond acceptors (Lipinski definition) is 2. The van der Waals surface area contributed by atoms with E-state index < -0.39 is 11.4 Å². The third-order valence-electron chi connectivity index (χ3n) is 4.55. The number of nitrogens with zero attached hydrogens (tertiary/aromatic N) is 2. The van der Waals surface area contributed by atoms with Crippen molar-refractivity contribution in [2.75, 3.05) is 19.6 Å². The quantitative estimate of drug-likeness (QED) is 0.817. The molecule has 2 saturated heterocycles. The molecular formula is C13H22N2O3. The molecule has 0 saturated carbocycles. The fourth-order valence-electron chi connectivity index (χ4n) is 3.05. The second kappa shape index (κ2) is 4.78. The summed E-state index contributed by atoms with van der Waals surface area (Å²) >= 11 is 0. The van der Waals surface area contributed by atoms with Gasteiger partial charge < -0.3 is 14.9 Å². The fourth-order valence-corrected chi connectivity index (χ4v) is 3.05. The Morgan fingerprint density at radius 2 is 2.11 bits per heavy atom. The van der Waals surface area contributed by atoms with Gasteiger partial charge in [-0.15, -0.1) is 0 Å². The summed E-state index contributed by atoms with van der Waals surface area (Å²) < 4.78 is 0. The molecule has 0 spiro atoms. The van der Waals surface area contributed by atoms with Crippen molar-refractivity contribution in [3.8, 4) is 0 Å². The molecule has 2 rings (SSSR count). The number of rotatable bonds is 2. The second-order valence-electron chi connectivity index (χ2n) is 5.58. The van der Waals surface area contributed by atoms with Crippen molar-refractivity contribution < 1.29 is 14.7 Å². The molecule has 2 aliphatic heterocycles. The molecule has 2 unspecified atom stereocenters. The lowest BCUT2D eigenvalue weighted by atomic mass is 9.84. The molecule has 0 bridgehead atoms. The van der Waals surface area contributed by atoms with Crippen LogP contribution in [0.25, 0.3) is 0 Å². The zero-order valence-electron chi connectivity index (χ0n) is 11.2. The summed E-state index contributed by atoms with van der Waals surface area (Å²) in [6.45, 7) is 5.69. The van der Waals surface area contributed by atoms with Gasteiger partial charge in [0, 0.05) is 25.7 Å². The number of hydrogen-bond donors (Lipinski definition) is 1. The van der Waals surface area contributed by atoms with Crippen LogP contribution in [-0.4, -0.2) is 52.6 Å². The molecule has 0 aromatic carbocycles. The van der Waals surface area contributed by atoms with E-state index in [1.807, 2.05) is 11.8 Å². The molecule has 5 nitrogen and oxygen atoms in total. The summed E-state index contributed by atoms with van der Waals surface area (Å²) in [6.07, 6.45) is 3.27. The van der Waals surface area contributed by atoms with E-state index in [1.165, 1.54) is 0 Å². The first-order valence-electron chi connectivity index (χ1n) is 6.79. The van der Waals surface area contributed by atoms with Crippen molar-refractivity contribution in [2.24, 2.45) is 5.41 Å². The van der Waals surface area contributed by atoms with E-state index in [9.17, 15) is 14.7 Å². The van der Waals surface area contributed by atoms with Gasteiger partial charge in [0.15, 0.2) is 0 Å². The van der Waals surface area contributed by atoms with Crippen LogP contribution in [0.15, 0.2) is 0 Å². The summed E-state index contributed by atoms with van der Waals surface area (Å²) in [5.74, 6) is -0.769. The molecule has 0 aliphatic carbocycles.